The number of nitrogens with one attached hydrogen (secondary N) is 1. The normalized spacial score (nSPS) is 22.4. The van der Waals surface area contributed by atoms with Crippen LogP contribution in [-0.2, 0) is 11.3 Å². The molecule has 6 nitrogen and oxygen atoms in total. The summed E-state index contributed by atoms with van der Waals surface area (Å²) in [6.45, 7) is 10.4. The van der Waals surface area contributed by atoms with Gasteiger partial charge < -0.3 is 19.9 Å². The number of likely N-dealkylation sites (tertiary alicyclic amines) is 1. The summed E-state index contributed by atoms with van der Waals surface area (Å²) in [6.07, 6.45) is 3.38. The molecule has 2 aromatic rings. The van der Waals surface area contributed by atoms with Gasteiger partial charge in [0.25, 0.3) is 0 Å². The summed E-state index contributed by atoms with van der Waals surface area (Å²) in [4.78, 5) is 14.3. The second-order valence-corrected chi connectivity index (χ2v) is 8.16. The van der Waals surface area contributed by atoms with Crippen molar-refractivity contribution in [2.24, 2.45) is 4.99 Å². The average Bonchev–Trinajstić information content (AvgIpc) is 3.28. The highest BCUT2D eigenvalue weighted by atomic mass is 16.5. The lowest BCUT2D eigenvalue weighted by molar-refractivity contribution is 0.0529. The van der Waals surface area contributed by atoms with Crippen LogP contribution in [0.2, 0.25) is 0 Å². The zero-order valence-electron chi connectivity index (χ0n) is 18.1. The molecule has 0 spiro atoms. The number of nitrogens with zero attached hydrogens (tertiary/aromatic N) is 4. The van der Waals surface area contributed by atoms with Gasteiger partial charge >= 0.3 is 0 Å². The number of ether oxygens (including phenoxy) is 1. The van der Waals surface area contributed by atoms with Gasteiger partial charge in [0, 0.05) is 44.8 Å². The highest BCUT2D eigenvalue weighted by molar-refractivity contribution is 5.80. The third kappa shape index (κ3) is 5.11. The van der Waals surface area contributed by atoms with E-state index in [0.29, 0.717) is 12.5 Å². The molecule has 30 heavy (non-hydrogen) atoms. The highest BCUT2D eigenvalue weighted by Crippen LogP contribution is 2.27. The van der Waals surface area contributed by atoms with Gasteiger partial charge in [0.1, 0.15) is 5.82 Å². The van der Waals surface area contributed by atoms with E-state index in [4.69, 9.17) is 9.73 Å². The third-order valence-corrected chi connectivity index (χ3v) is 5.88. The number of morpholine rings is 1. The van der Waals surface area contributed by atoms with E-state index >= 15 is 0 Å². The maximum atomic E-state index is 5.63. The number of anilines is 1. The fourth-order valence-electron chi connectivity index (χ4n) is 4.27. The van der Waals surface area contributed by atoms with Crippen LogP contribution in [0, 0.1) is 0 Å². The van der Waals surface area contributed by atoms with E-state index in [1.54, 1.807) is 0 Å². The SMILES string of the molecule is CCNC(=NCc1ccc(N2CCOC(C)C2)nc1)N1CCC(c2ccccc2)C1. The Hall–Kier alpha value is -2.60. The number of benzene rings is 1. The minimum atomic E-state index is 0.257. The highest BCUT2D eigenvalue weighted by Gasteiger charge is 2.26. The van der Waals surface area contributed by atoms with E-state index in [9.17, 15) is 0 Å². The molecule has 0 radical (unpaired) electrons. The smallest absolute Gasteiger partial charge is 0.194 e. The first-order valence-electron chi connectivity index (χ1n) is 11.1. The summed E-state index contributed by atoms with van der Waals surface area (Å²) in [5, 5.41) is 3.47. The minimum Gasteiger partial charge on any atom is -0.375 e. The summed E-state index contributed by atoms with van der Waals surface area (Å²) >= 11 is 0. The van der Waals surface area contributed by atoms with Crippen LogP contribution in [0.5, 0.6) is 0 Å². The van der Waals surface area contributed by atoms with Gasteiger partial charge in [0.05, 0.1) is 19.3 Å². The van der Waals surface area contributed by atoms with E-state index in [1.165, 1.54) is 12.0 Å². The lowest BCUT2D eigenvalue weighted by Gasteiger charge is -2.32. The van der Waals surface area contributed by atoms with Crippen LogP contribution in [0.15, 0.2) is 53.7 Å². The molecule has 3 heterocycles. The maximum absolute atomic E-state index is 5.63. The Morgan fingerprint density at radius 1 is 1.17 bits per heavy atom. The van der Waals surface area contributed by atoms with Crippen molar-refractivity contribution < 1.29 is 4.74 Å². The van der Waals surface area contributed by atoms with Gasteiger partial charge in [-0.2, -0.15) is 0 Å². The Balaban J connectivity index is 1.38. The van der Waals surface area contributed by atoms with Crippen LogP contribution in [0.25, 0.3) is 0 Å². The summed E-state index contributed by atoms with van der Waals surface area (Å²) in [7, 11) is 0. The Morgan fingerprint density at radius 3 is 2.77 bits per heavy atom. The van der Waals surface area contributed by atoms with Gasteiger partial charge in [-0.1, -0.05) is 36.4 Å². The fourth-order valence-corrected chi connectivity index (χ4v) is 4.27. The quantitative estimate of drug-likeness (QED) is 0.609. The number of pyridine rings is 1. The van der Waals surface area contributed by atoms with Gasteiger partial charge in [-0.05, 0) is 37.5 Å². The Morgan fingerprint density at radius 2 is 2.03 bits per heavy atom. The number of guanidine groups is 1. The predicted octanol–water partition coefficient (Wildman–Crippen LogP) is 3.26. The molecule has 0 saturated carbocycles. The molecule has 0 amide bonds. The van der Waals surface area contributed by atoms with E-state index < -0.39 is 0 Å². The van der Waals surface area contributed by atoms with Crippen molar-refractivity contribution in [1.82, 2.24) is 15.2 Å². The molecule has 4 rings (SSSR count). The molecule has 2 fully saturated rings. The zero-order chi connectivity index (χ0) is 20.8. The molecule has 160 valence electrons. The van der Waals surface area contributed by atoms with E-state index in [1.807, 2.05) is 6.20 Å². The van der Waals surface area contributed by atoms with Gasteiger partial charge in [-0.3, -0.25) is 0 Å². The van der Waals surface area contributed by atoms with Gasteiger partial charge in [-0.25, -0.2) is 9.98 Å². The number of aromatic nitrogens is 1. The average molecular weight is 408 g/mol. The largest absolute Gasteiger partial charge is 0.375 e. The molecule has 2 saturated heterocycles. The van der Waals surface area contributed by atoms with Crippen LogP contribution in [0.1, 0.15) is 37.3 Å². The van der Waals surface area contributed by atoms with Crippen LogP contribution in [-0.4, -0.2) is 61.3 Å². The first kappa shape index (κ1) is 20.7. The van der Waals surface area contributed by atoms with Gasteiger partial charge in [0.2, 0.25) is 0 Å². The van der Waals surface area contributed by atoms with Crippen molar-refractivity contribution in [2.75, 3.05) is 44.2 Å². The van der Waals surface area contributed by atoms with Crippen LogP contribution in [0.3, 0.4) is 0 Å². The van der Waals surface area contributed by atoms with Crippen molar-refractivity contribution in [2.45, 2.75) is 38.8 Å². The number of hydrogen-bond donors (Lipinski definition) is 1. The number of aliphatic imine (C=N–C) groups is 1. The Labute approximate surface area is 180 Å². The van der Waals surface area contributed by atoms with E-state index in [2.05, 4.69) is 76.4 Å². The summed E-state index contributed by atoms with van der Waals surface area (Å²) in [5.74, 6) is 2.60. The standard InChI is InChI=1S/C24H33N5O/c1-3-25-24(29-12-11-22(18-29)21-7-5-4-6-8-21)27-16-20-9-10-23(26-15-20)28-13-14-30-19(2)17-28/h4-10,15,19,22H,3,11-14,16-18H2,1-2H3,(H,25,27). The van der Waals surface area contributed by atoms with Crippen LogP contribution < -0.4 is 10.2 Å². The predicted molar refractivity (Wildman–Crippen MR) is 122 cm³/mol. The third-order valence-electron chi connectivity index (χ3n) is 5.88. The zero-order valence-corrected chi connectivity index (χ0v) is 18.1. The Kier molecular flexibility index (Phi) is 6.84. The molecule has 0 aliphatic carbocycles. The molecule has 1 aromatic heterocycles. The lowest BCUT2D eigenvalue weighted by Crippen LogP contribution is -2.41. The van der Waals surface area contributed by atoms with Crippen molar-refractivity contribution in [3.8, 4) is 0 Å². The van der Waals surface area contributed by atoms with Crippen molar-refractivity contribution >= 4 is 11.8 Å². The van der Waals surface area contributed by atoms with E-state index in [0.717, 1.165) is 56.7 Å². The molecular formula is C24H33N5O. The summed E-state index contributed by atoms with van der Waals surface area (Å²) in [6, 6.07) is 15.1. The molecular weight excluding hydrogens is 374 g/mol. The molecule has 2 aliphatic heterocycles. The first-order chi connectivity index (χ1) is 14.7. The van der Waals surface area contributed by atoms with Crippen LogP contribution in [0.4, 0.5) is 5.82 Å². The molecule has 6 heteroatoms. The molecule has 2 unspecified atom stereocenters. The second kappa shape index (κ2) is 9.94. The lowest BCUT2D eigenvalue weighted by atomic mass is 9.99. The topological polar surface area (TPSA) is 53.0 Å². The van der Waals surface area contributed by atoms with Crippen molar-refractivity contribution in [3.05, 3.63) is 59.8 Å². The molecule has 2 atom stereocenters. The number of hydrogen-bond acceptors (Lipinski definition) is 4. The van der Waals surface area contributed by atoms with Gasteiger partial charge in [0.15, 0.2) is 5.96 Å². The van der Waals surface area contributed by atoms with Crippen molar-refractivity contribution in [1.29, 1.82) is 0 Å². The van der Waals surface area contributed by atoms with E-state index in [-0.39, 0.29) is 6.10 Å². The second-order valence-electron chi connectivity index (χ2n) is 8.16. The summed E-state index contributed by atoms with van der Waals surface area (Å²) in [5.41, 5.74) is 2.56. The first-order valence-corrected chi connectivity index (χ1v) is 11.1. The molecule has 1 aromatic carbocycles. The summed E-state index contributed by atoms with van der Waals surface area (Å²) < 4.78 is 5.63. The Bertz CT molecular complexity index is 823. The van der Waals surface area contributed by atoms with Crippen molar-refractivity contribution in [3.63, 3.8) is 0 Å². The van der Waals surface area contributed by atoms with Gasteiger partial charge in [-0.15, -0.1) is 0 Å². The minimum absolute atomic E-state index is 0.257. The monoisotopic (exact) mass is 407 g/mol. The molecule has 1 N–H and O–H groups in total. The molecule has 0 bridgehead atoms. The van der Waals surface area contributed by atoms with Crippen LogP contribution >= 0.6 is 0 Å². The number of rotatable bonds is 5. The molecule has 2 aliphatic rings. The fraction of sp³-hybridized carbons (Fsp3) is 0.500. The maximum Gasteiger partial charge on any atom is 0.194 e.